The van der Waals surface area contributed by atoms with Crippen molar-refractivity contribution in [2.45, 2.75) is 6.42 Å². The van der Waals surface area contributed by atoms with Crippen LogP contribution < -0.4 is 16.8 Å². The molecule has 6 nitrogen and oxygen atoms in total. The van der Waals surface area contributed by atoms with Gasteiger partial charge in [0.05, 0.1) is 0 Å². The van der Waals surface area contributed by atoms with Crippen molar-refractivity contribution in [3.05, 3.63) is 6.33 Å². The molecule has 1 heterocycles. The lowest BCUT2D eigenvalue weighted by Crippen LogP contribution is -2.09. The SMILES string of the molecule is Nc1ncnc(NCCCO)c1N. The number of aromatic nitrogens is 2. The molecule has 0 bridgehead atoms. The van der Waals surface area contributed by atoms with Crippen LogP contribution in [0, 0.1) is 0 Å². The van der Waals surface area contributed by atoms with Gasteiger partial charge >= 0.3 is 0 Å². The van der Waals surface area contributed by atoms with Crippen molar-refractivity contribution in [2.75, 3.05) is 29.9 Å². The lowest BCUT2D eigenvalue weighted by molar-refractivity contribution is 0.292. The molecule has 13 heavy (non-hydrogen) atoms. The van der Waals surface area contributed by atoms with E-state index in [0.717, 1.165) is 0 Å². The molecule has 1 rings (SSSR count). The maximum atomic E-state index is 8.54. The van der Waals surface area contributed by atoms with Crippen LogP contribution in [0.15, 0.2) is 6.33 Å². The summed E-state index contributed by atoms with van der Waals surface area (Å²) < 4.78 is 0. The molecule has 0 atom stereocenters. The van der Waals surface area contributed by atoms with Crippen LogP contribution in [0.5, 0.6) is 0 Å². The second kappa shape index (κ2) is 4.46. The average Bonchev–Trinajstić information content (AvgIpc) is 2.13. The van der Waals surface area contributed by atoms with E-state index in [1.807, 2.05) is 0 Å². The minimum atomic E-state index is 0.132. The van der Waals surface area contributed by atoms with Gasteiger partial charge in [-0.15, -0.1) is 0 Å². The van der Waals surface area contributed by atoms with E-state index >= 15 is 0 Å². The van der Waals surface area contributed by atoms with Gasteiger partial charge in [0, 0.05) is 13.2 Å². The molecule has 0 amide bonds. The van der Waals surface area contributed by atoms with Crippen LogP contribution in [0.4, 0.5) is 17.3 Å². The quantitative estimate of drug-likeness (QED) is 0.465. The van der Waals surface area contributed by atoms with Crippen LogP contribution >= 0.6 is 0 Å². The van der Waals surface area contributed by atoms with Crippen LogP contribution in [0.3, 0.4) is 0 Å². The maximum absolute atomic E-state index is 8.54. The number of aliphatic hydroxyl groups is 1. The summed E-state index contributed by atoms with van der Waals surface area (Å²) >= 11 is 0. The molecule has 0 aliphatic heterocycles. The molecule has 0 radical (unpaired) electrons. The molecule has 0 aliphatic rings. The van der Waals surface area contributed by atoms with Gasteiger partial charge in [0.1, 0.15) is 12.0 Å². The first-order chi connectivity index (χ1) is 6.25. The minimum Gasteiger partial charge on any atom is -0.396 e. The molecular formula is C7H13N5O. The highest BCUT2D eigenvalue weighted by Gasteiger charge is 2.02. The zero-order valence-electron chi connectivity index (χ0n) is 7.20. The van der Waals surface area contributed by atoms with Crippen molar-refractivity contribution >= 4 is 17.3 Å². The van der Waals surface area contributed by atoms with Gasteiger partial charge in [0.25, 0.3) is 0 Å². The number of nitrogens with zero attached hydrogens (tertiary/aromatic N) is 2. The average molecular weight is 183 g/mol. The smallest absolute Gasteiger partial charge is 0.154 e. The van der Waals surface area contributed by atoms with Crippen molar-refractivity contribution in [1.29, 1.82) is 0 Å². The number of nitrogens with one attached hydrogen (secondary N) is 1. The van der Waals surface area contributed by atoms with Gasteiger partial charge < -0.3 is 21.9 Å². The fraction of sp³-hybridized carbons (Fsp3) is 0.429. The Hall–Kier alpha value is -1.56. The first-order valence-electron chi connectivity index (χ1n) is 3.96. The van der Waals surface area contributed by atoms with E-state index in [1.54, 1.807) is 0 Å². The zero-order chi connectivity index (χ0) is 9.68. The topological polar surface area (TPSA) is 110 Å². The number of nitrogens with two attached hydrogens (primary N) is 2. The summed E-state index contributed by atoms with van der Waals surface area (Å²) in [5.41, 5.74) is 11.4. The Morgan fingerprint density at radius 3 is 2.85 bits per heavy atom. The van der Waals surface area contributed by atoms with E-state index in [1.165, 1.54) is 6.33 Å². The van der Waals surface area contributed by atoms with E-state index in [4.69, 9.17) is 16.6 Å². The lowest BCUT2D eigenvalue weighted by Gasteiger charge is -2.07. The van der Waals surface area contributed by atoms with Gasteiger partial charge in [-0.3, -0.25) is 0 Å². The second-order valence-electron chi connectivity index (χ2n) is 2.53. The van der Waals surface area contributed by atoms with Crippen LogP contribution in [0.2, 0.25) is 0 Å². The van der Waals surface area contributed by atoms with E-state index in [-0.39, 0.29) is 12.4 Å². The minimum absolute atomic E-state index is 0.132. The molecule has 1 aromatic heterocycles. The van der Waals surface area contributed by atoms with Gasteiger partial charge in [0.2, 0.25) is 0 Å². The van der Waals surface area contributed by atoms with E-state index in [9.17, 15) is 0 Å². The number of hydrogen-bond donors (Lipinski definition) is 4. The second-order valence-corrected chi connectivity index (χ2v) is 2.53. The molecule has 0 aromatic carbocycles. The Morgan fingerprint density at radius 1 is 1.38 bits per heavy atom. The Bertz CT molecular complexity index is 278. The van der Waals surface area contributed by atoms with E-state index < -0.39 is 0 Å². The van der Waals surface area contributed by atoms with Gasteiger partial charge in [-0.25, -0.2) is 9.97 Å². The maximum Gasteiger partial charge on any atom is 0.154 e. The van der Waals surface area contributed by atoms with Crippen LogP contribution in [-0.2, 0) is 0 Å². The van der Waals surface area contributed by atoms with Gasteiger partial charge in [-0.1, -0.05) is 0 Å². The summed E-state index contributed by atoms with van der Waals surface area (Å²) in [6.07, 6.45) is 1.98. The largest absolute Gasteiger partial charge is 0.396 e. The zero-order valence-corrected chi connectivity index (χ0v) is 7.20. The standard InChI is InChI=1S/C7H13N5O/c8-5-6(9)11-4-12-7(5)10-2-1-3-13/h4,13H,1-3,8H2,(H3,9,10,11,12). The third-order valence-corrected chi connectivity index (χ3v) is 1.54. The summed E-state index contributed by atoms with van der Waals surface area (Å²) in [5, 5.41) is 11.5. The summed E-state index contributed by atoms with van der Waals surface area (Å²) in [5.74, 6) is 0.780. The van der Waals surface area contributed by atoms with Gasteiger partial charge in [-0.05, 0) is 6.42 Å². The normalized spacial score (nSPS) is 9.92. The first-order valence-corrected chi connectivity index (χ1v) is 3.96. The monoisotopic (exact) mass is 183 g/mol. The van der Waals surface area contributed by atoms with Gasteiger partial charge in [0.15, 0.2) is 11.6 Å². The predicted octanol–water partition coefficient (Wildman–Crippen LogP) is -0.565. The molecule has 6 heteroatoms. The molecule has 1 aromatic rings. The number of rotatable bonds is 4. The fourth-order valence-corrected chi connectivity index (χ4v) is 0.836. The number of aliphatic hydroxyl groups excluding tert-OH is 1. The van der Waals surface area contributed by atoms with Crippen molar-refractivity contribution in [3.63, 3.8) is 0 Å². The summed E-state index contributed by atoms with van der Waals surface area (Å²) in [6.45, 7) is 0.741. The molecule has 0 saturated heterocycles. The molecule has 0 aliphatic carbocycles. The van der Waals surface area contributed by atoms with Crippen molar-refractivity contribution in [1.82, 2.24) is 9.97 Å². The summed E-state index contributed by atoms with van der Waals surface area (Å²) in [4.78, 5) is 7.62. The molecule has 72 valence electrons. The molecule has 0 spiro atoms. The Labute approximate surface area is 76.0 Å². The number of hydrogen-bond acceptors (Lipinski definition) is 6. The third kappa shape index (κ3) is 2.45. The fourth-order valence-electron chi connectivity index (χ4n) is 0.836. The number of nitrogen functional groups attached to an aromatic ring is 2. The van der Waals surface area contributed by atoms with Crippen molar-refractivity contribution in [3.8, 4) is 0 Å². The van der Waals surface area contributed by atoms with Crippen LogP contribution in [0.25, 0.3) is 0 Å². The Kier molecular flexibility index (Phi) is 3.27. The summed E-state index contributed by atoms with van der Waals surface area (Å²) in [6, 6.07) is 0. The third-order valence-electron chi connectivity index (χ3n) is 1.54. The molecule has 0 saturated carbocycles. The number of anilines is 3. The van der Waals surface area contributed by atoms with Crippen molar-refractivity contribution in [2.24, 2.45) is 0 Å². The van der Waals surface area contributed by atoms with Crippen LogP contribution in [-0.4, -0.2) is 28.2 Å². The van der Waals surface area contributed by atoms with Crippen molar-refractivity contribution < 1.29 is 5.11 Å². The highest BCUT2D eigenvalue weighted by Crippen LogP contribution is 2.18. The van der Waals surface area contributed by atoms with E-state index in [0.29, 0.717) is 24.5 Å². The lowest BCUT2D eigenvalue weighted by atomic mass is 10.4. The highest BCUT2D eigenvalue weighted by atomic mass is 16.3. The molecule has 6 N–H and O–H groups in total. The molecule has 0 fully saturated rings. The Morgan fingerprint density at radius 2 is 2.15 bits per heavy atom. The Balaban J connectivity index is 2.61. The summed E-state index contributed by atoms with van der Waals surface area (Å²) in [7, 11) is 0. The molecule has 0 unspecified atom stereocenters. The van der Waals surface area contributed by atoms with Gasteiger partial charge in [-0.2, -0.15) is 0 Å². The molecular weight excluding hydrogens is 170 g/mol. The predicted molar refractivity (Wildman–Crippen MR) is 51.0 cm³/mol. The van der Waals surface area contributed by atoms with Crippen LogP contribution in [0.1, 0.15) is 6.42 Å². The first kappa shape index (κ1) is 9.53. The van der Waals surface area contributed by atoms with E-state index in [2.05, 4.69) is 15.3 Å². The highest BCUT2D eigenvalue weighted by molar-refractivity contribution is 5.71.